The van der Waals surface area contributed by atoms with E-state index in [4.69, 9.17) is 12.2 Å². The van der Waals surface area contributed by atoms with Crippen LogP contribution in [0.15, 0.2) is 76.2 Å². The molecule has 7 nitrogen and oxygen atoms in total. The third-order valence-corrected chi connectivity index (χ3v) is 6.97. The van der Waals surface area contributed by atoms with Gasteiger partial charge in [-0.25, -0.2) is 4.39 Å². The molecule has 3 heterocycles. The van der Waals surface area contributed by atoms with E-state index in [0.717, 1.165) is 5.56 Å². The van der Waals surface area contributed by atoms with Gasteiger partial charge in [0.25, 0.3) is 5.91 Å². The van der Waals surface area contributed by atoms with Crippen LogP contribution in [0.4, 0.5) is 10.1 Å². The first-order valence-electron chi connectivity index (χ1n) is 11.9. The fraction of sp³-hybridized carbons (Fsp3) is 0.259. The second-order valence-corrected chi connectivity index (χ2v) is 9.08. The number of carbonyl (C=O) groups is 1. The van der Waals surface area contributed by atoms with Crippen LogP contribution >= 0.6 is 12.2 Å². The van der Waals surface area contributed by atoms with Crippen LogP contribution in [0.3, 0.4) is 0 Å². The minimum absolute atomic E-state index is 0.191. The Hall–Kier alpha value is -3.85. The molecule has 36 heavy (non-hydrogen) atoms. The van der Waals surface area contributed by atoms with E-state index in [-0.39, 0.29) is 11.3 Å². The summed E-state index contributed by atoms with van der Waals surface area (Å²) < 4.78 is 16.9. The summed E-state index contributed by atoms with van der Waals surface area (Å²) in [4.78, 5) is 33.5. The highest BCUT2D eigenvalue weighted by Gasteiger charge is 2.26. The van der Waals surface area contributed by atoms with Crippen LogP contribution in [0, 0.1) is 5.82 Å². The summed E-state index contributed by atoms with van der Waals surface area (Å²) in [6.07, 6.45) is 3.54. The number of aryl methyl sites for hydroxylation is 1. The van der Waals surface area contributed by atoms with E-state index in [9.17, 15) is 14.0 Å². The number of carbonyl (C=O) groups excluding carboxylic acids is 1. The molecule has 0 spiro atoms. The monoisotopic (exact) mass is 503 g/mol. The van der Waals surface area contributed by atoms with Gasteiger partial charge in [-0.05, 0) is 37.4 Å². The van der Waals surface area contributed by atoms with Gasteiger partial charge >= 0.3 is 0 Å². The largest absolute Gasteiger partial charge is 0.366 e. The molecule has 1 saturated heterocycles. The van der Waals surface area contributed by atoms with Crippen LogP contribution in [-0.4, -0.2) is 58.9 Å². The van der Waals surface area contributed by atoms with Crippen LogP contribution in [0.2, 0.25) is 0 Å². The maximum absolute atomic E-state index is 15.0. The second kappa shape index (κ2) is 10.0. The zero-order valence-corrected chi connectivity index (χ0v) is 20.7. The van der Waals surface area contributed by atoms with Gasteiger partial charge in [0.2, 0.25) is 0 Å². The Kier molecular flexibility index (Phi) is 6.65. The number of piperazine rings is 1. The number of benzene rings is 2. The number of thiocarbonyl (C=S) groups is 1. The van der Waals surface area contributed by atoms with Crippen molar-refractivity contribution in [2.45, 2.75) is 13.5 Å². The first-order valence-corrected chi connectivity index (χ1v) is 12.4. The molecule has 3 aromatic rings. The smallest absolute Gasteiger partial charge is 0.259 e. The van der Waals surface area contributed by atoms with Gasteiger partial charge in [0.05, 0.1) is 29.0 Å². The fourth-order valence-corrected chi connectivity index (χ4v) is 4.95. The number of aliphatic imine (C=N–C) groups is 1. The summed E-state index contributed by atoms with van der Waals surface area (Å²) >= 11 is 5.53. The number of nitrogens with zero attached hydrogens (tertiary/aromatic N) is 4. The SMILES string of the molecule is CCn1ccc(=O)c2cc(F)c(N3CCN(C(=S)NC(=O)C4=CCN=C4c4ccccc4)CC3)cc21. The lowest BCUT2D eigenvalue weighted by Gasteiger charge is -2.37. The molecule has 5 rings (SSSR count). The van der Waals surface area contributed by atoms with Gasteiger partial charge in [0, 0.05) is 55.9 Å². The molecule has 1 N–H and O–H groups in total. The molecule has 2 aliphatic heterocycles. The first kappa shape index (κ1) is 23.9. The Bertz CT molecular complexity index is 1460. The van der Waals surface area contributed by atoms with Crippen LogP contribution in [0.25, 0.3) is 10.9 Å². The predicted molar refractivity (Wildman–Crippen MR) is 144 cm³/mol. The van der Waals surface area contributed by atoms with Crippen molar-refractivity contribution in [3.05, 3.63) is 88.0 Å². The summed E-state index contributed by atoms with van der Waals surface area (Å²) in [6.45, 7) is 5.24. The van der Waals surface area contributed by atoms with Crippen LogP contribution < -0.4 is 15.6 Å². The van der Waals surface area contributed by atoms with Crippen molar-refractivity contribution in [3.63, 3.8) is 0 Å². The number of anilines is 1. The Labute approximate surface area is 213 Å². The van der Waals surface area contributed by atoms with Gasteiger partial charge in [0.15, 0.2) is 10.5 Å². The van der Waals surface area contributed by atoms with E-state index in [1.54, 1.807) is 18.3 Å². The molecule has 0 atom stereocenters. The number of fused-ring (bicyclic) bond motifs is 1. The van der Waals surface area contributed by atoms with Crippen LogP contribution in [0.1, 0.15) is 12.5 Å². The molecule has 0 radical (unpaired) electrons. The van der Waals surface area contributed by atoms with Gasteiger partial charge in [-0.1, -0.05) is 30.3 Å². The number of amides is 1. The number of nitrogens with one attached hydrogen (secondary N) is 1. The molecule has 0 saturated carbocycles. The average molecular weight is 504 g/mol. The van der Waals surface area contributed by atoms with Crippen molar-refractivity contribution in [1.82, 2.24) is 14.8 Å². The Morgan fingerprint density at radius 2 is 1.86 bits per heavy atom. The third-order valence-electron chi connectivity index (χ3n) is 6.61. The summed E-state index contributed by atoms with van der Waals surface area (Å²) in [5.74, 6) is -0.695. The maximum Gasteiger partial charge on any atom is 0.259 e. The van der Waals surface area contributed by atoms with Gasteiger partial charge < -0.3 is 14.4 Å². The lowest BCUT2D eigenvalue weighted by Crippen LogP contribution is -2.53. The number of hydrogen-bond acceptors (Lipinski definition) is 5. The van der Waals surface area contributed by atoms with Gasteiger partial charge in [-0.3, -0.25) is 19.9 Å². The van der Waals surface area contributed by atoms with Crippen molar-refractivity contribution >= 4 is 45.5 Å². The van der Waals surface area contributed by atoms with Crippen molar-refractivity contribution in [1.29, 1.82) is 0 Å². The molecule has 184 valence electrons. The zero-order chi connectivity index (χ0) is 25.2. The van der Waals surface area contributed by atoms with E-state index in [1.807, 2.05) is 51.6 Å². The fourth-order valence-electron chi connectivity index (χ4n) is 4.68. The van der Waals surface area contributed by atoms with Gasteiger partial charge in [-0.15, -0.1) is 0 Å². The van der Waals surface area contributed by atoms with E-state index in [1.165, 1.54) is 12.1 Å². The quantitative estimate of drug-likeness (QED) is 0.554. The highest BCUT2D eigenvalue weighted by atomic mass is 32.1. The van der Waals surface area contributed by atoms with Crippen molar-refractivity contribution < 1.29 is 9.18 Å². The van der Waals surface area contributed by atoms with E-state index in [0.29, 0.717) is 72.3 Å². The zero-order valence-electron chi connectivity index (χ0n) is 19.9. The molecular weight excluding hydrogens is 477 g/mol. The van der Waals surface area contributed by atoms with E-state index < -0.39 is 5.82 Å². The first-order chi connectivity index (χ1) is 17.5. The average Bonchev–Trinajstić information content (AvgIpc) is 3.40. The third kappa shape index (κ3) is 4.54. The standard InChI is InChI=1S/C27H26FN5O2S/c1-2-31-11-9-24(34)20-16-21(28)23(17-22(20)31)32-12-14-33(15-13-32)27(36)30-26(35)19-8-10-29-25(19)18-6-4-3-5-7-18/h3-9,11,16-17H,2,10,12-15H2,1H3,(H,30,35,36). The minimum atomic E-state index is -0.418. The molecule has 0 unspecified atom stereocenters. The Balaban J connectivity index is 1.25. The molecule has 1 aromatic heterocycles. The van der Waals surface area contributed by atoms with Crippen molar-refractivity contribution in [2.75, 3.05) is 37.6 Å². The molecule has 2 aliphatic rings. The maximum atomic E-state index is 15.0. The number of halogens is 1. The molecule has 9 heteroatoms. The molecule has 0 bridgehead atoms. The highest BCUT2D eigenvalue weighted by Crippen LogP contribution is 2.26. The van der Waals surface area contributed by atoms with Gasteiger partial charge in [0.1, 0.15) is 5.82 Å². The lowest BCUT2D eigenvalue weighted by atomic mass is 10.0. The number of aromatic nitrogens is 1. The second-order valence-electron chi connectivity index (χ2n) is 8.69. The molecule has 2 aromatic carbocycles. The summed E-state index contributed by atoms with van der Waals surface area (Å²) in [7, 11) is 0. The number of rotatable bonds is 4. The number of pyridine rings is 1. The topological polar surface area (TPSA) is 69.9 Å². The van der Waals surface area contributed by atoms with Crippen LogP contribution in [0.5, 0.6) is 0 Å². The van der Waals surface area contributed by atoms with Crippen molar-refractivity contribution in [3.8, 4) is 0 Å². The van der Waals surface area contributed by atoms with Crippen molar-refractivity contribution in [2.24, 2.45) is 4.99 Å². The summed E-state index contributed by atoms with van der Waals surface area (Å²) in [5, 5.41) is 3.56. The lowest BCUT2D eigenvalue weighted by molar-refractivity contribution is -0.115. The van der Waals surface area contributed by atoms with E-state index >= 15 is 0 Å². The van der Waals surface area contributed by atoms with E-state index in [2.05, 4.69) is 10.3 Å². The minimum Gasteiger partial charge on any atom is -0.366 e. The predicted octanol–water partition coefficient (Wildman–Crippen LogP) is 3.11. The molecule has 1 amide bonds. The normalized spacial score (nSPS) is 15.6. The van der Waals surface area contributed by atoms with Gasteiger partial charge in [-0.2, -0.15) is 0 Å². The Morgan fingerprint density at radius 1 is 1.11 bits per heavy atom. The Morgan fingerprint density at radius 3 is 2.58 bits per heavy atom. The number of hydrogen-bond donors (Lipinski definition) is 1. The highest BCUT2D eigenvalue weighted by molar-refractivity contribution is 7.80. The summed E-state index contributed by atoms with van der Waals surface area (Å²) in [5.41, 5.74) is 3.06. The molecule has 1 fully saturated rings. The molecular formula is C27H26FN5O2S. The summed E-state index contributed by atoms with van der Waals surface area (Å²) in [6, 6.07) is 14.1. The van der Waals surface area contributed by atoms with Crippen LogP contribution in [-0.2, 0) is 11.3 Å². The molecule has 0 aliphatic carbocycles.